The fraction of sp³-hybridized carbons (Fsp3) is 0.0952. The topological polar surface area (TPSA) is 84.5 Å². The summed E-state index contributed by atoms with van der Waals surface area (Å²) in [4.78, 5) is 12.0. The van der Waals surface area contributed by atoms with Gasteiger partial charge >= 0.3 is 0 Å². The third kappa shape index (κ3) is 5.08. The van der Waals surface area contributed by atoms with Crippen LogP contribution in [0.25, 0.3) is 0 Å². The number of hydrogen-bond acceptors (Lipinski definition) is 4. The molecule has 0 aromatic heterocycles. The monoisotopic (exact) mass is 448 g/mol. The van der Waals surface area contributed by atoms with Crippen LogP contribution in [0.15, 0.2) is 71.6 Å². The molecule has 3 aromatic carbocycles. The van der Waals surface area contributed by atoms with Crippen LogP contribution in [0.3, 0.4) is 0 Å². The molecule has 0 aliphatic rings. The fourth-order valence-electron chi connectivity index (χ4n) is 2.60. The zero-order chi connectivity index (χ0) is 21.7. The predicted molar refractivity (Wildman–Crippen MR) is 114 cm³/mol. The zero-order valence-electron chi connectivity index (χ0n) is 15.9. The molecular formula is C21H18ClFN2O4S. The van der Waals surface area contributed by atoms with E-state index < -0.39 is 21.7 Å². The molecule has 6 nitrogen and oxygen atoms in total. The molecule has 0 heterocycles. The van der Waals surface area contributed by atoms with Gasteiger partial charge in [-0.3, -0.25) is 9.52 Å². The molecule has 0 bridgehead atoms. The van der Waals surface area contributed by atoms with Crippen LogP contribution in [-0.4, -0.2) is 20.9 Å². The summed E-state index contributed by atoms with van der Waals surface area (Å²) in [5, 5.41) is 2.60. The average Bonchev–Trinajstić information content (AvgIpc) is 2.71. The van der Waals surface area contributed by atoms with E-state index in [9.17, 15) is 17.6 Å². The van der Waals surface area contributed by atoms with Gasteiger partial charge in [0.2, 0.25) is 0 Å². The Balaban J connectivity index is 1.76. The number of rotatable bonds is 7. The van der Waals surface area contributed by atoms with Crippen LogP contribution in [0.2, 0.25) is 5.02 Å². The molecule has 30 heavy (non-hydrogen) atoms. The lowest BCUT2D eigenvalue weighted by Crippen LogP contribution is -2.15. The Morgan fingerprint density at radius 1 is 1.07 bits per heavy atom. The number of carbonyl (C=O) groups is 1. The highest BCUT2D eigenvalue weighted by Gasteiger charge is 2.18. The second-order valence-corrected chi connectivity index (χ2v) is 8.23. The van der Waals surface area contributed by atoms with E-state index in [2.05, 4.69) is 10.0 Å². The molecule has 2 N–H and O–H groups in total. The number of nitrogens with one attached hydrogen (secondary N) is 2. The van der Waals surface area contributed by atoms with Crippen molar-refractivity contribution < 1.29 is 22.3 Å². The summed E-state index contributed by atoms with van der Waals surface area (Å²) in [6, 6.07) is 15.8. The Bertz CT molecular complexity index is 1170. The van der Waals surface area contributed by atoms with Crippen molar-refractivity contribution in [2.75, 3.05) is 16.6 Å². The van der Waals surface area contributed by atoms with E-state index in [1.54, 1.807) is 24.3 Å². The number of amides is 1. The third-order valence-corrected chi connectivity index (χ3v) is 5.74. The van der Waals surface area contributed by atoms with Gasteiger partial charge in [-0.1, -0.05) is 23.7 Å². The summed E-state index contributed by atoms with van der Waals surface area (Å²) in [7, 11) is -4.03. The second-order valence-electron chi connectivity index (χ2n) is 6.14. The lowest BCUT2D eigenvalue weighted by molar-refractivity contribution is 0.102. The number of ether oxygens (including phenoxy) is 1. The van der Waals surface area contributed by atoms with Crippen molar-refractivity contribution in [3.8, 4) is 5.75 Å². The summed E-state index contributed by atoms with van der Waals surface area (Å²) in [6.45, 7) is 2.33. The minimum Gasteiger partial charge on any atom is -0.494 e. The molecule has 0 atom stereocenters. The highest BCUT2D eigenvalue weighted by Crippen LogP contribution is 2.24. The first-order valence-corrected chi connectivity index (χ1v) is 10.8. The first-order chi connectivity index (χ1) is 14.3. The quantitative estimate of drug-likeness (QED) is 0.536. The third-order valence-electron chi connectivity index (χ3n) is 4.04. The van der Waals surface area contributed by atoms with Crippen molar-refractivity contribution in [2.24, 2.45) is 0 Å². The number of hydrogen-bond donors (Lipinski definition) is 2. The van der Waals surface area contributed by atoms with Crippen molar-refractivity contribution in [1.82, 2.24) is 0 Å². The van der Waals surface area contributed by atoms with Gasteiger partial charge in [-0.25, -0.2) is 12.8 Å². The fourth-order valence-corrected chi connectivity index (χ4v) is 3.89. The van der Waals surface area contributed by atoms with Gasteiger partial charge in [0.05, 0.1) is 27.8 Å². The molecular weight excluding hydrogens is 431 g/mol. The van der Waals surface area contributed by atoms with E-state index in [1.807, 2.05) is 6.92 Å². The Labute approximate surface area is 178 Å². The lowest BCUT2D eigenvalue weighted by Gasteiger charge is -2.11. The average molecular weight is 449 g/mol. The van der Waals surface area contributed by atoms with Crippen LogP contribution in [0.1, 0.15) is 17.3 Å². The second kappa shape index (κ2) is 9.15. The lowest BCUT2D eigenvalue weighted by atomic mass is 10.2. The Morgan fingerprint density at radius 2 is 1.77 bits per heavy atom. The largest absolute Gasteiger partial charge is 0.494 e. The van der Waals surface area contributed by atoms with Crippen LogP contribution in [-0.2, 0) is 10.0 Å². The van der Waals surface area contributed by atoms with Gasteiger partial charge in [-0.15, -0.1) is 0 Å². The first kappa shape index (κ1) is 21.6. The molecule has 0 unspecified atom stereocenters. The minimum absolute atomic E-state index is 0.167. The van der Waals surface area contributed by atoms with Crippen molar-refractivity contribution in [1.29, 1.82) is 0 Å². The van der Waals surface area contributed by atoms with Gasteiger partial charge < -0.3 is 10.1 Å². The highest BCUT2D eigenvalue weighted by molar-refractivity contribution is 7.92. The molecule has 3 aromatic rings. The Kier molecular flexibility index (Phi) is 6.59. The summed E-state index contributed by atoms with van der Waals surface area (Å²) in [6.07, 6.45) is 0. The first-order valence-electron chi connectivity index (χ1n) is 8.91. The van der Waals surface area contributed by atoms with Crippen LogP contribution in [0.5, 0.6) is 5.75 Å². The van der Waals surface area contributed by atoms with E-state index in [4.69, 9.17) is 16.3 Å². The smallest absolute Gasteiger partial charge is 0.261 e. The van der Waals surface area contributed by atoms with Crippen molar-refractivity contribution >= 4 is 38.9 Å². The SMILES string of the molecule is CCOc1ccc(NS(=O)(=O)c2ccc(NC(=O)c3ccccc3Cl)c(F)c2)cc1. The van der Waals surface area contributed by atoms with E-state index in [0.717, 1.165) is 6.07 Å². The molecule has 156 valence electrons. The van der Waals surface area contributed by atoms with Gasteiger partial charge in [-0.05, 0) is 61.5 Å². The van der Waals surface area contributed by atoms with Gasteiger partial charge in [-0.2, -0.15) is 0 Å². The highest BCUT2D eigenvalue weighted by atomic mass is 35.5. The zero-order valence-corrected chi connectivity index (χ0v) is 17.4. The molecule has 1 amide bonds. The van der Waals surface area contributed by atoms with Crippen LogP contribution in [0.4, 0.5) is 15.8 Å². The van der Waals surface area contributed by atoms with Gasteiger partial charge in [0.1, 0.15) is 11.6 Å². The molecule has 0 radical (unpaired) electrons. The molecule has 0 aliphatic heterocycles. The predicted octanol–water partition coefficient (Wildman–Crippen LogP) is 4.93. The van der Waals surface area contributed by atoms with Crippen LogP contribution >= 0.6 is 11.6 Å². The molecule has 0 saturated carbocycles. The van der Waals surface area contributed by atoms with E-state index in [1.165, 1.54) is 36.4 Å². The van der Waals surface area contributed by atoms with Gasteiger partial charge in [0.25, 0.3) is 15.9 Å². The van der Waals surface area contributed by atoms with Crippen molar-refractivity contribution in [3.05, 3.63) is 83.1 Å². The molecule has 3 rings (SSSR count). The normalized spacial score (nSPS) is 11.0. The molecule has 0 spiro atoms. The maximum atomic E-state index is 14.5. The van der Waals surface area contributed by atoms with E-state index in [0.29, 0.717) is 18.0 Å². The molecule has 0 saturated heterocycles. The van der Waals surface area contributed by atoms with Crippen molar-refractivity contribution in [2.45, 2.75) is 11.8 Å². The van der Waals surface area contributed by atoms with E-state index >= 15 is 0 Å². The van der Waals surface area contributed by atoms with Crippen LogP contribution < -0.4 is 14.8 Å². The number of benzene rings is 3. The number of anilines is 2. The van der Waals surface area contributed by atoms with Crippen molar-refractivity contribution in [3.63, 3.8) is 0 Å². The number of carbonyl (C=O) groups excluding carboxylic acids is 1. The summed E-state index contributed by atoms with van der Waals surface area (Å²) < 4.78 is 47.3. The minimum atomic E-state index is -4.03. The summed E-state index contributed by atoms with van der Waals surface area (Å²) in [5.41, 5.74) is 0.308. The molecule has 0 fully saturated rings. The van der Waals surface area contributed by atoms with Gasteiger partial charge in [0, 0.05) is 5.69 Å². The number of halogens is 2. The maximum absolute atomic E-state index is 14.5. The van der Waals surface area contributed by atoms with Crippen LogP contribution in [0, 0.1) is 5.82 Å². The standard InChI is InChI=1S/C21H18ClFN2O4S/c1-2-29-15-9-7-14(8-10-15)25-30(27,28)16-11-12-20(19(23)13-16)24-21(26)17-5-3-4-6-18(17)22/h3-13,25H,2H2,1H3,(H,24,26). The molecule has 9 heteroatoms. The number of sulfonamides is 1. The summed E-state index contributed by atoms with van der Waals surface area (Å²) >= 11 is 5.96. The summed E-state index contributed by atoms with van der Waals surface area (Å²) in [5.74, 6) is -0.905. The maximum Gasteiger partial charge on any atom is 0.261 e. The Morgan fingerprint density at radius 3 is 2.40 bits per heavy atom. The Hall–Kier alpha value is -3.10. The van der Waals surface area contributed by atoms with Gasteiger partial charge in [0.15, 0.2) is 0 Å². The molecule has 0 aliphatic carbocycles. The van der Waals surface area contributed by atoms with E-state index in [-0.39, 0.29) is 21.2 Å².